The monoisotopic (exact) mass is 522 g/mol. The maximum Gasteiger partial charge on any atom is 0.339 e. The number of nitrogens with one attached hydrogen (secondary N) is 1. The number of amides is 1. The molecule has 8 nitrogen and oxygen atoms in total. The van der Waals surface area contributed by atoms with Crippen molar-refractivity contribution in [3.05, 3.63) is 82.3 Å². The zero-order valence-corrected chi connectivity index (χ0v) is 20.2. The van der Waals surface area contributed by atoms with Gasteiger partial charge in [0, 0.05) is 5.02 Å². The molecule has 0 aliphatic heterocycles. The highest BCUT2D eigenvalue weighted by Crippen LogP contribution is 2.38. The highest BCUT2D eigenvalue weighted by atomic mass is 35.5. The van der Waals surface area contributed by atoms with Gasteiger partial charge in [0.2, 0.25) is 5.75 Å². The number of carbonyl (C=O) groups is 1. The maximum atomic E-state index is 12.6. The molecule has 11 heteroatoms. The maximum absolute atomic E-state index is 12.6. The molecule has 0 saturated carbocycles. The van der Waals surface area contributed by atoms with Crippen LogP contribution in [0, 0.1) is 0 Å². The van der Waals surface area contributed by atoms with E-state index < -0.39 is 16.0 Å². The van der Waals surface area contributed by atoms with Gasteiger partial charge in [0.1, 0.15) is 10.6 Å². The second-order valence-electron chi connectivity index (χ2n) is 6.65. The molecule has 0 saturated heterocycles. The Bertz CT molecular complexity index is 1270. The Kier molecular flexibility index (Phi) is 8.75. The van der Waals surface area contributed by atoms with Crippen molar-refractivity contribution in [1.82, 2.24) is 5.43 Å². The first-order chi connectivity index (χ1) is 16.3. The molecule has 0 aromatic heterocycles. The number of halogens is 2. The standard InChI is InChI=1S/C23H20Cl2N2O6S/c1-2-31-21-13-16(14-26-27-22(28)15-32-18-10-8-17(24)9-11-18)12-20(25)23(21)33-34(29,30)19-6-4-3-5-7-19/h3-14H,2,15H2,1H3,(H,27,28)/b26-14-. The fourth-order valence-corrected chi connectivity index (χ4v) is 4.05. The van der Waals surface area contributed by atoms with Crippen LogP contribution in [0.15, 0.2) is 76.7 Å². The third kappa shape index (κ3) is 7.11. The average Bonchev–Trinajstić information content (AvgIpc) is 2.82. The van der Waals surface area contributed by atoms with Crippen LogP contribution in [-0.4, -0.2) is 33.8 Å². The van der Waals surface area contributed by atoms with E-state index in [1.54, 1.807) is 49.4 Å². The van der Waals surface area contributed by atoms with Gasteiger partial charge in [-0.15, -0.1) is 0 Å². The zero-order chi connectivity index (χ0) is 24.6. The quantitative estimate of drug-likeness (QED) is 0.235. The third-order valence-electron chi connectivity index (χ3n) is 4.14. The van der Waals surface area contributed by atoms with E-state index in [1.807, 2.05) is 0 Å². The molecule has 0 bridgehead atoms. The van der Waals surface area contributed by atoms with Gasteiger partial charge in [-0.3, -0.25) is 4.79 Å². The van der Waals surface area contributed by atoms with Gasteiger partial charge in [-0.25, -0.2) is 5.43 Å². The lowest BCUT2D eigenvalue weighted by molar-refractivity contribution is -0.123. The summed E-state index contributed by atoms with van der Waals surface area (Å²) in [5, 5.41) is 4.41. The van der Waals surface area contributed by atoms with Crippen molar-refractivity contribution in [2.45, 2.75) is 11.8 Å². The summed E-state index contributed by atoms with van der Waals surface area (Å²) in [6.45, 7) is 1.70. The summed E-state index contributed by atoms with van der Waals surface area (Å²) in [4.78, 5) is 11.9. The van der Waals surface area contributed by atoms with Crippen molar-refractivity contribution in [3.8, 4) is 17.2 Å². The molecular weight excluding hydrogens is 503 g/mol. The Morgan fingerprint density at radius 2 is 1.74 bits per heavy atom. The third-order valence-corrected chi connectivity index (χ3v) is 5.91. The smallest absolute Gasteiger partial charge is 0.339 e. The summed E-state index contributed by atoms with van der Waals surface area (Å²) < 4.78 is 41.3. The fraction of sp³-hybridized carbons (Fsp3) is 0.130. The minimum atomic E-state index is -4.13. The second-order valence-corrected chi connectivity index (χ2v) is 9.04. The molecular formula is C23H20Cl2N2O6S. The van der Waals surface area contributed by atoms with E-state index >= 15 is 0 Å². The summed E-state index contributed by atoms with van der Waals surface area (Å²) in [5.74, 6) is -0.0489. The van der Waals surface area contributed by atoms with Crippen LogP contribution in [0.5, 0.6) is 17.2 Å². The summed E-state index contributed by atoms with van der Waals surface area (Å²) in [7, 11) is -4.13. The van der Waals surface area contributed by atoms with Crippen molar-refractivity contribution in [2.24, 2.45) is 5.10 Å². The molecule has 0 unspecified atom stereocenters. The molecule has 178 valence electrons. The van der Waals surface area contributed by atoms with Crippen LogP contribution < -0.4 is 19.1 Å². The normalized spacial score (nSPS) is 11.3. The van der Waals surface area contributed by atoms with E-state index in [-0.39, 0.29) is 34.6 Å². The Morgan fingerprint density at radius 3 is 2.41 bits per heavy atom. The van der Waals surface area contributed by atoms with Crippen LogP contribution in [0.25, 0.3) is 0 Å². The number of hydrogen-bond acceptors (Lipinski definition) is 7. The fourth-order valence-electron chi connectivity index (χ4n) is 2.64. The molecule has 34 heavy (non-hydrogen) atoms. The minimum Gasteiger partial charge on any atom is -0.490 e. The molecule has 3 rings (SSSR count). The van der Waals surface area contributed by atoms with Crippen molar-refractivity contribution in [1.29, 1.82) is 0 Å². The lowest BCUT2D eigenvalue weighted by Crippen LogP contribution is -2.24. The SMILES string of the molecule is CCOc1cc(/C=N\NC(=O)COc2ccc(Cl)cc2)cc(Cl)c1OS(=O)(=O)c1ccccc1. The predicted molar refractivity (Wildman–Crippen MR) is 130 cm³/mol. The number of benzene rings is 3. The summed E-state index contributed by atoms with van der Waals surface area (Å²) in [5.41, 5.74) is 2.77. The van der Waals surface area contributed by atoms with Crippen LogP contribution in [-0.2, 0) is 14.9 Å². The molecule has 3 aromatic carbocycles. The van der Waals surface area contributed by atoms with Gasteiger partial charge in [0.25, 0.3) is 5.91 Å². The number of ether oxygens (including phenoxy) is 2. The van der Waals surface area contributed by atoms with Gasteiger partial charge in [-0.2, -0.15) is 13.5 Å². The van der Waals surface area contributed by atoms with Gasteiger partial charge in [0.15, 0.2) is 12.4 Å². The van der Waals surface area contributed by atoms with Gasteiger partial charge in [-0.1, -0.05) is 41.4 Å². The summed E-state index contributed by atoms with van der Waals surface area (Å²) >= 11 is 12.1. The molecule has 0 radical (unpaired) electrons. The first kappa shape index (κ1) is 25.4. The van der Waals surface area contributed by atoms with E-state index in [4.69, 9.17) is 36.9 Å². The second kappa shape index (κ2) is 11.7. The Balaban J connectivity index is 1.68. The summed E-state index contributed by atoms with van der Waals surface area (Å²) in [6, 6.07) is 17.1. The van der Waals surface area contributed by atoms with Crippen molar-refractivity contribution >= 4 is 45.4 Å². The van der Waals surface area contributed by atoms with E-state index in [0.29, 0.717) is 16.3 Å². The average molecular weight is 523 g/mol. The first-order valence-electron chi connectivity index (χ1n) is 9.94. The van der Waals surface area contributed by atoms with Gasteiger partial charge in [0.05, 0.1) is 17.8 Å². The Morgan fingerprint density at radius 1 is 1.03 bits per heavy atom. The van der Waals surface area contributed by atoms with E-state index in [9.17, 15) is 13.2 Å². The molecule has 0 aliphatic carbocycles. The Labute approximate surface area is 207 Å². The highest BCUT2D eigenvalue weighted by Gasteiger charge is 2.22. The van der Waals surface area contributed by atoms with Crippen molar-refractivity contribution < 1.29 is 26.9 Å². The van der Waals surface area contributed by atoms with Crippen molar-refractivity contribution in [2.75, 3.05) is 13.2 Å². The Hall–Kier alpha value is -3.27. The largest absolute Gasteiger partial charge is 0.490 e. The van der Waals surface area contributed by atoms with Crippen LogP contribution in [0.3, 0.4) is 0 Å². The van der Waals surface area contributed by atoms with Crippen LogP contribution in [0.2, 0.25) is 10.0 Å². The molecule has 3 aromatic rings. The number of carbonyl (C=O) groups excluding carboxylic acids is 1. The molecule has 1 N–H and O–H groups in total. The molecule has 0 heterocycles. The van der Waals surface area contributed by atoms with E-state index in [0.717, 1.165) is 0 Å². The molecule has 0 spiro atoms. The van der Waals surface area contributed by atoms with Crippen LogP contribution >= 0.6 is 23.2 Å². The number of rotatable bonds is 10. The van der Waals surface area contributed by atoms with Gasteiger partial charge < -0.3 is 13.7 Å². The number of nitrogens with zero attached hydrogens (tertiary/aromatic N) is 1. The van der Waals surface area contributed by atoms with Crippen molar-refractivity contribution in [3.63, 3.8) is 0 Å². The number of hydrazone groups is 1. The lowest BCUT2D eigenvalue weighted by Gasteiger charge is -2.14. The molecule has 0 fully saturated rings. The first-order valence-corrected chi connectivity index (χ1v) is 12.1. The zero-order valence-electron chi connectivity index (χ0n) is 17.9. The summed E-state index contributed by atoms with van der Waals surface area (Å²) in [6.07, 6.45) is 1.32. The predicted octanol–water partition coefficient (Wildman–Crippen LogP) is 4.69. The highest BCUT2D eigenvalue weighted by molar-refractivity contribution is 7.87. The van der Waals surface area contributed by atoms with E-state index in [2.05, 4.69) is 10.5 Å². The van der Waals surface area contributed by atoms with Crippen LogP contribution in [0.1, 0.15) is 12.5 Å². The minimum absolute atomic E-state index is 0.00990. The van der Waals surface area contributed by atoms with Gasteiger partial charge in [-0.05, 0) is 61.0 Å². The van der Waals surface area contributed by atoms with Gasteiger partial charge >= 0.3 is 10.1 Å². The number of hydrogen-bond donors (Lipinski definition) is 1. The van der Waals surface area contributed by atoms with E-state index in [1.165, 1.54) is 30.5 Å². The molecule has 1 amide bonds. The molecule has 0 aliphatic rings. The van der Waals surface area contributed by atoms with Crippen LogP contribution in [0.4, 0.5) is 0 Å². The molecule has 0 atom stereocenters. The lowest BCUT2D eigenvalue weighted by atomic mass is 10.2. The topological polar surface area (TPSA) is 103 Å².